The van der Waals surface area contributed by atoms with Gasteiger partial charge in [-0.25, -0.2) is 9.97 Å². The molecule has 8 heteroatoms. The van der Waals surface area contributed by atoms with Gasteiger partial charge < -0.3 is 14.4 Å². The molecule has 0 atom stereocenters. The zero-order chi connectivity index (χ0) is 19.5. The second kappa shape index (κ2) is 7.59. The second-order valence-electron chi connectivity index (χ2n) is 6.99. The number of nitrogens with zero attached hydrogens (tertiary/aromatic N) is 5. The quantitative estimate of drug-likeness (QED) is 0.555. The topological polar surface area (TPSA) is 98.7 Å². The first-order valence-corrected chi connectivity index (χ1v) is 9.05. The lowest BCUT2D eigenvalue weighted by Gasteiger charge is -2.07. The first-order valence-electron chi connectivity index (χ1n) is 9.05. The van der Waals surface area contributed by atoms with Gasteiger partial charge in [0.25, 0.3) is 5.91 Å². The molecule has 0 aliphatic rings. The van der Waals surface area contributed by atoms with Gasteiger partial charge in [0, 0.05) is 24.8 Å². The SMILES string of the molecule is CC(C)Cn1cnc2cc(C(=O)NCc3ccc(-c4ncon4)cc3)cnc21. The molecule has 0 spiro atoms. The molecule has 0 saturated carbocycles. The van der Waals surface area contributed by atoms with Gasteiger partial charge in [-0.2, -0.15) is 4.98 Å². The highest BCUT2D eigenvalue weighted by Crippen LogP contribution is 2.16. The van der Waals surface area contributed by atoms with Crippen molar-refractivity contribution in [2.24, 2.45) is 5.92 Å². The van der Waals surface area contributed by atoms with Crippen LogP contribution in [0.1, 0.15) is 29.8 Å². The van der Waals surface area contributed by atoms with E-state index in [1.807, 2.05) is 28.8 Å². The maximum absolute atomic E-state index is 12.5. The van der Waals surface area contributed by atoms with Crippen molar-refractivity contribution in [3.8, 4) is 11.4 Å². The van der Waals surface area contributed by atoms with Crippen LogP contribution in [-0.4, -0.2) is 30.6 Å². The number of pyridine rings is 1. The van der Waals surface area contributed by atoms with E-state index < -0.39 is 0 Å². The summed E-state index contributed by atoms with van der Waals surface area (Å²) < 4.78 is 6.75. The van der Waals surface area contributed by atoms with Crippen molar-refractivity contribution in [1.29, 1.82) is 0 Å². The molecule has 0 fully saturated rings. The molecule has 142 valence electrons. The predicted octanol–water partition coefficient (Wildman–Crippen LogP) is 3.07. The Morgan fingerprint density at radius 2 is 2.00 bits per heavy atom. The third-order valence-electron chi connectivity index (χ3n) is 4.31. The molecule has 4 rings (SSSR count). The first-order chi connectivity index (χ1) is 13.6. The van der Waals surface area contributed by atoms with Gasteiger partial charge in [0.1, 0.15) is 5.52 Å². The van der Waals surface area contributed by atoms with Gasteiger partial charge in [-0.1, -0.05) is 43.3 Å². The van der Waals surface area contributed by atoms with Gasteiger partial charge in [-0.05, 0) is 17.5 Å². The second-order valence-corrected chi connectivity index (χ2v) is 6.99. The monoisotopic (exact) mass is 376 g/mol. The molecule has 0 saturated heterocycles. The summed E-state index contributed by atoms with van der Waals surface area (Å²) in [6, 6.07) is 9.39. The van der Waals surface area contributed by atoms with Crippen molar-refractivity contribution in [2.45, 2.75) is 26.9 Å². The number of carbonyl (C=O) groups is 1. The molecule has 0 radical (unpaired) electrons. The van der Waals surface area contributed by atoms with Crippen molar-refractivity contribution in [3.05, 3.63) is 60.4 Å². The first kappa shape index (κ1) is 17.8. The van der Waals surface area contributed by atoms with Crippen molar-refractivity contribution in [1.82, 2.24) is 30.0 Å². The minimum atomic E-state index is -0.185. The normalized spacial score (nSPS) is 11.2. The maximum Gasteiger partial charge on any atom is 0.253 e. The third-order valence-corrected chi connectivity index (χ3v) is 4.31. The van der Waals surface area contributed by atoms with Crippen LogP contribution >= 0.6 is 0 Å². The molecule has 0 aliphatic heterocycles. The van der Waals surface area contributed by atoms with Gasteiger partial charge in [0.05, 0.1) is 11.9 Å². The molecular weight excluding hydrogens is 356 g/mol. The molecule has 0 unspecified atom stereocenters. The highest BCUT2D eigenvalue weighted by molar-refractivity contribution is 5.96. The summed E-state index contributed by atoms with van der Waals surface area (Å²) in [5.74, 6) is 0.843. The summed E-state index contributed by atoms with van der Waals surface area (Å²) >= 11 is 0. The van der Waals surface area contributed by atoms with E-state index in [1.165, 1.54) is 6.39 Å². The van der Waals surface area contributed by atoms with E-state index >= 15 is 0 Å². The fourth-order valence-electron chi connectivity index (χ4n) is 2.95. The van der Waals surface area contributed by atoms with Crippen molar-refractivity contribution < 1.29 is 9.32 Å². The molecule has 1 amide bonds. The Morgan fingerprint density at radius 3 is 2.71 bits per heavy atom. The predicted molar refractivity (Wildman–Crippen MR) is 103 cm³/mol. The zero-order valence-corrected chi connectivity index (χ0v) is 15.7. The highest BCUT2D eigenvalue weighted by Gasteiger charge is 2.11. The molecule has 8 nitrogen and oxygen atoms in total. The van der Waals surface area contributed by atoms with Gasteiger partial charge in [0.15, 0.2) is 5.65 Å². The number of rotatable bonds is 6. The van der Waals surface area contributed by atoms with Crippen molar-refractivity contribution >= 4 is 17.1 Å². The highest BCUT2D eigenvalue weighted by atomic mass is 16.5. The number of nitrogens with one attached hydrogen (secondary N) is 1. The molecule has 3 heterocycles. The molecule has 1 aromatic carbocycles. The fourth-order valence-corrected chi connectivity index (χ4v) is 2.95. The Hall–Kier alpha value is -3.55. The average molecular weight is 376 g/mol. The largest absolute Gasteiger partial charge is 0.348 e. The molecular formula is C20H20N6O2. The minimum absolute atomic E-state index is 0.185. The summed E-state index contributed by atoms with van der Waals surface area (Å²) in [6.07, 6.45) is 4.65. The van der Waals surface area contributed by atoms with Crippen molar-refractivity contribution in [3.63, 3.8) is 0 Å². The van der Waals surface area contributed by atoms with Crippen LogP contribution < -0.4 is 5.32 Å². The number of hydrogen-bond acceptors (Lipinski definition) is 6. The number of benzene rings is 1. The van der Waals surface area contributed by atoms with Gasteiger partial charge >= 0.3 is 0 Å². The number of imidazole rings is 1. The lowest BCUT2D eigenvalue weighted by atomic mass is 10.1. The summed E-state index contributed by atoms with van der Waals surface area (Å²) in [4.78, 5) is 25.3. The summed E-state index contributed by atoms with van der Waals surface area (Å²) in [7, 11) is 0. The smallest absolute Gasteiger partial charge is 0.253 e. The maximum atomic E-state index is 12.5. The molecule has 0 bridgehead atoms. The van der Waals surface area contributed by atoms with Crippen LogP contribution in [0.2, 0.25) is 0 Å². The third kappa shape index (κ3) is 3.75. The van der Waals surface area contributed by atoms with Crippen LogP contribution in [0.5, 0.6) is 0 Å². The zero-order valence-electron chi connectivity index (χ0n) is 15.7. The minimum Gasteiger partial charge on any atom is -0.348 e. The van der Waals surface area contributed by atoms with E-state index in [0.717, 1.165) is 28.8 Å². The Kier molecular flexibility index (Phi) is 4.84. The van der Waals surface area contributed by atoms with Gasteiger partial charge in [-0.15, -0.1) is 0 Å². The van der Waals surface area contributed by atoms with E-state index in [9.17, 15) is 4.79 Å². The van der Waals surface area contributed by atoms with E-state index in [2.05, 4.69) is 39.3 Å². The molecule has 28 heavy (non-hydrogen) atoms. The Bertz CT molecular complexity index is 1080. The lowest BCUT2D eigenvalue weighted by molar-refractivity contribution is 0.0950. The lowest BCUT2D eigenvalue weighted by Crippen LogP contribution is -2.23. The summed E-state index contributed by atoms with van der Waals surface area (Å²) in [6.45, 7) is 5.53. The van der Waals surface area contributed by atoms with Crippen LogP contribution in [0.15, 0.2) is 53.8 Å². The van der Waals surface area contributed by atoms with Crippen LogP contribution in [0.3, 0.4) is 0 Å². The van der Waals surface area contributed by atoms with Crippen LogP contribution in [0.4, 0.5) is 0 Å². The van der Waals surface area contributed by atoms with Crippen LogP contribution in [0, 0.1) is 5.92 Å². The number of aromatic nitrogens is 5. The van der Waals surface area contributed by atoms with Crippen LogP contribution in [-0.2, 0) is 13.1 Å². The molecule has 1 N–H and O–H groups in total. The van der Waals surface area contributed by atoms with E-state index in [0.29, 0.717) is 23.9 Å². The molecule has 4 aromatic rings. The van der Waals surface area contributed by atoms with E-state index in [4.69, 9.17) is 4.52 Å². The number of amides is 1. The molecule has 3 aromatic heterocycles. The summed E-state index contributed by atoms with van der Waals surface area (Å²) in [5.41, 5.74) is 3.83. The van der Waals surface area contributed by atoms with Gasteiger partial charge in [-0.3, -0.25) is 4.79 Å². The fraction of sp³-hybridized carbons (Fsp3) is 0.250. The Morgan fingerprint density at radius 1 is 1.18 bits per heavy atom. The Balaban J connectivity index is 1.42. The Labute approximate surface area is 161 Å². The molecule has 0 aliphatic carbocycles. The average Bonchev–Trinajstić information content (AvgIpc) is 3.36. The van der Waals surface area contributed by atoms with Gasteiger partial charge in [0.2, 0.25) is 12.2 Å². The van der Waals surface area contributed by atoms with Crippen LogP contribution in [0.25, 0.3) is 22.6 Å². The summed E-state index contributed by atoms with van der Waals surface area (Å²) in [5, 5.41) is 6.71. The van der Waals surface area contributed by atoms with Crippen molar-refractivity contribution in [2.75, 3.05) is 0 Å². The van der Waals surface area contributed by atoms with E-state index in [-0.39, 0.29) is 5.91 Å². The number of hydrogen-bond donors (Lipinski definition) is 1. The number of fused-ring (bicyclic) bond motifs is 1. The standard InChI is InChI=1S/C20H20N6O2/c1-13(2)10-26-11-23-17-7-16(9-21-19(17)26)20(27)22-8-14-3-5-15(6-4-14)18-24-12-28-25-18/h3-7,9,11-13H,8,10H2,1-2H3,(H,22,27). The number of carbonyl (C=O) groups excluding carboxylic acids is 1. The van der Waals surface area contributed by atoms with E-state index in [1.54, 1.807) is 18.6 Å².